The van der Waals surface area contributed by atoms with Gasteiger partial charge >= 0.3 is 0 Å². The van der Waals surface area contributed by atoms with Crippen molar-refractivity contribution in [3.05, 3.63) is 54.0 Å². The number of para-hydroxylation sites is 1. The lowest BCUT2D eigenvalue weighted by Crippen LogP contribution is -2.36. The second-order valence-electron chi connectivity index (χ2n) is 6.63. The van der Waals surface area contributed by atoms with Crippen molar-refractivity contribution in [1.29, 1.82) is 0 Å². The third kappa shape index (κ3) is 3.72. The van der Waals surface area contributed by atoms with E-state index < -0.39 is 0 Å². The van der Waals surface area contributed by atoms with Crippen LogP contribution in [0.5, 0.6) is 0 Å². The zero-order valence-corrected chi connectivity index (χ0v) is 14.7. The van der Waals surface area contributed by atoms with E-state index in [1.807, 2.05) is 29.1 Å². The lowest BCUT2D eigenvalue weighted by Gasteiger charge is -2.26. The fourth-order valence-corrected chi connectivity index (χ4v) is 3.41. The van der Waals surface area contributed by atoms with Crippen LogP contribution in [0.15, 0.2) is 42.6 Å². The highest BCUT2D eigenvalue weighted by Crippen LogP contribution is 2.18. The smallest absolute Gasteiger partial charge is 0.0838 e. The molecule has 1 aliphatic heterocycles. The van der Waals surface area contributed by atoms with Crippen LogP contribution in [-0.2, 0) is 11.2 Å². The Morgan fingerprint density at radius 2 is 1.96 bits per heavy atom. The highest BCUT2D eigenvalue weighted by atomic mass is 16.5. The molecule has 0 amide bonds. The lowest BCUT2D eigenvalue weighted by molar-refractivity contribution is 0.0374. The van der Waals surface area contributed by atoms with Crippen molar-refractivity contribution in [2.75, 3.05) is 32.8 Å². The van der Waals surface area contributed by atoms with Crippen molar-refractivity contribution in [3.63, 3.8) is 0 Å². The number of ether oxygens (including phenoxy) is 1. The van der Waals surface area contributed by atoms with Crippen LogP contribution in [0, 0.1) is 6.92 Å². The highest BCUT2D eigenvalue weighted by molar-refractivity contribution is 5.80. The Hall–Kier alpha value is -2.24. The van der Waals surface area contributed by atoms with Crippen LogP contribution in [0.3, 0.4) is 0 Å². The Kier molecular flexibility index (Phi) is 4.76. The van der Waals surface area contributed by atoms with Gasteiger partial charge in [0.25, 0.3) is 0 Å². The molecule has 1 saturated heterocycles. The summed E-state index contributed by atoms with van der Waals surface area (Å²) < 4.78 is 7.40. The van der Waals surface area contributed by atoms with Gasteiger partial charge in [0, 0.05) is 24.2 Å². The van der Waals surface area contributed by atoms with Gasteiger partial charge in [-0.3, -0.25) is 9.88 Å². The van der Waals surface area contributed by atoms with Gasteiger partial charge in [-0.05, 0) is 44.5 Å². The fraction of sp³-hybridized carbons (Fsp3) is 0.400. The molecular formula is C20H24N4O. The number of rotatable bonds is 5. The highest BCUT2D eigenvalue weighted by Gasteiger charge is 2.11. The van der Waals surface area contributed by atoms with Gasteiger partial charge in [-0.25, -0.2) is 4.68 Å². The molecule has 0 unspecified atom stereocenters. The number of hydrogen-bond donors (Lipinski definition) is 0. The quantitative estimate of drug-likeness (QED) is 0.718. The van der Waals surface area contributed by atoms with Gasteiger partial charge in [-0.2, -0.15) is 5.10 Å². The number of aromatic nitrogens is 3. The van der Waals surface area contributed by atoms with Gasteiger partial charge in [0.15, 0.2) is 0 Å². The number of morpholine rings is 1. The van der Waals surface area contributed by atoms with Crippen LogP contribution in [-0.4, -0.2) is 52.5 Å². The van der Waals surface area contributed by atoms with E-state index in [4.69, 9.17) is 9.84 Å². The molecule has 1 aliphatic rings. The molecular weight excluding hydrogens is 312 g/mol. The normalized spacial score (nSPS) is 15.7. The molecule has 3 aromatic rings. The van der Waals surface area contributed by atoms with Crippen LogP contribution in [0.2, 0.25) is 0 Å². The molecule has 1 fully saturated rings. The summed E-state index contributed by atoms with van der Waals surface area (Å²) in [5, 5.41) is 5.95. The summed E-state index contributed by atoms with van der Waals surface area (Å²) in [5.41, 5.74) is 4.34. The van der Waals surface area contributed by atoms with E-state index in [0.29, 0.717) is 0 Å². The van der Waals surface area contributed by atoms with Crippen molar-refractivity contribution in [2.24, 2.45) is 0 Å². The summed E-state index contributed by atoms with van der Waals surface area (Å²) in [7, 11) is 0. The van der Waals surface area contributed by atoms with Crippen LogP contribution in [0.4, 0.5) is 0 Å². The maximum absolute atomic E-state index is 5.40. The molecule has 5 heteroatoms. The van der Waals surface area contributed by atoms with Gasteiger partial charge < -0.3 is 4.74 Å². The van der Waals surface area contributed by atoms with Crippen molar-refractivity contribution in [2.45, 2.75) is 19.8 Å². The Balaban J connectivity index is 1.45. The summed E-state index contributed by atoms with van der Waals surface area (Å²) in [6, 6.07) is 12.5. The van der Waals surface area contributed by atoms with E-state index in [0.717, 1.165) is 73.7 Å². The number of nitrogens with zero attached hydrogens (tertiary/aromatic N) is 4. The second-order valence-corrected chi connectivity index (χ2v) is 6.63. The minimum atomic E-state index is 0.864. The molecule has 2 aromatic heterocycles. The number of fused-ring (bicyclic) bond motifs is 1. The van der Waals surface area contributed by atoms with Crippen molar-refractivity contribution < 1.29 is 4.74 Å². The standard InChI is InChI=1S/C20H24N4O/c1-16-13-18(6-4-8-23-9-11-25-12-10-23)22-24(16)19-14-17-5-2-3-7-20(17)21-15-19/h2-3,5,7,13-15H,4,6,8-12H2,1H3. The Bertz CT molecular complexity index is 852. The summed E-state index contributed by atoms with van der Waals surface area (Å²) in [6.07, 6.45) is 4.04. The zero-order chi connectivity index (χ0) is 17.1. The topological polar surface area (TPSA) is 43.2 Å². The molecule has 1 aromatic carbocycles. The average Bonchev–Trinajstić information content (AvgIpc) is 3.03. The van der Waals surface area contributed by atoms with E-state index in [-0.39, 0.29) is 0 Å². The molecule has 0 saturated carbocycles. The summed E-state index contributed by atoms with van der Waals surface area (Å²) in [5.74, 6) is 0. The molecule has 3 heterocycles. The Labute approximate surface area is 148 Å². The maximum atomic E-state index is 5.40. The van der Waals surface area contributed by atoms with E-state index in [1.165, 1.54) is 0 Å². The largest absolute Gasteiger partial charge is 0.379 e. The first-order chi connectivity index (χ1) is 12.3. The monoisotopic (exact) mass is 336 g/mol. The SMILES string of the molecule is Cc1cc(CCCN2CCOCC2)nn1-c1cnc2ccccc2c1. The van der Waals surface area contributed by atoms with Gasteiger partial charge in [0.05, 0.1) is 36.3 Å². The molecule has 4 rings (SSSR count). The van der Waals surface area contributed by atoms with Gasteiger partial charge in [0.2, 0.25) is 0 Å². The maximum Gasteiger partial charge on any atom is 0.0838 e. The number of pyridine rings is 1. The minimum Gasteiger partial charge on any atom is -0.379 e. The number of benzene rings is 1. The van der Waals surface area contributed by atoms with Gasteiger partial charge in [-0.15, -0.1) is 0 Å². The molecule has 5 nitrogen and oxygen atoms in total. The molecule has 0 aliphatic carbocycles. The summed E-state index contributed by atoms with van der Waals surface area (Å²) >= 11 is 0. The Morgan fingerprint density at radius 1 is 1.12 bits per heavy atom. The third-order valence-electron chi connectivity index (χ3n) is 4.77. The molecule has 0 radical (unpaired) electrons. The van der Waals surface area contributed by atoms with Crippen LogP contribution in [0.1, 0.15) is 17.8 Å². The van der Waals surface area contributed by atoms with Gasteiger partial charge in [0.1, 0.15) is 0 Å². The van der Waals surface area contributed by atoms with Crippen molar-refractivity contribution in [3.8, 4) is 5.69 Å². The van der Waals surface area contributed by atoms with E-state index in [2.05, 4.69) is 35.0 Å². The zero-order valence-electron chi connectivity index (χ0n) is 14.7. The minimum absolute atomic E-state index is 0.864. The van der Waals surface area contributed by atoms with Crippen LogP contribution in [0.25, 0.3) is 16.6 Å². The van der Waals surface area contributed by atoms with Crippen molar-refractivity contribution >= 4 is 10.9 Å². The molecule has 0 spiro atoms. The predicted molar refractivity (Wildman–Crippen MR) is 99.2 cm³/mol. The number of aryl methyl sites for hydroxylation is 2. The van der Waals surface area contributed by atoms with E-state index >= 15 is 0 Å². The number of hydrogen-bond acceptors (Lipinski definition) is 4. The first-order valence-electron chi connectivity index (χ1n) is 9.00. The molecule has 0 bridgehead atoms. The van der Waals surface area contributed by atoms with Crippen LogP contribution < -0.4 is 0 Å². The predicted octanol–water partition coefficient (Wildman–Crippen LogP) is 2.99. The summed E-state index contributed by atoms with van der Waals surface area (Å²) in [4.78, 5) is 7.02. The van der Waals surface area contributed by atoms with Crippen molar-refractivity contribution in [1.82, 2.24) is 19.7 Å². The lowest BCUT2D eigenvalue weighted by atomic mass is 10.2. The first-order valence-corrected chi connectivity index (χ1v) is 9.00. The van der Waals surface area contributed by atoms with Gasteiger partial charge in [-0.1, -0.05) is 18.2 Å². The van der Waals surface area contributed by atoms with E-state index in [9.17, 15) is 0 Å². The summed E-state index contributed by atoms with van der Waals surface area (Å²) in [6.45, 7) is 7.05. The molecule has 0 N–H and O–H groups in total. The third-order valence-corrected chi connectivity index (χ3v) is 4.77. The molecule has 25 heavy (non-hydrogen) atoms. The Morgan fingerprint density at radius 3 is 2.84 bits per heavy atom. The van der Waals surface area contributed by atoms with E-state index in [1.54, 1.807) is 0 Å². The second kappa shape index (κ2) is 7.33. The first kappa shape index (κ1) is 16.2. The van der Waals surface area contributed by atoms with Crippen LogP contribution >= 0.6 is 0 Å². The molecule has 130 valence electrons. The average molecular weight is 336 g/mol. The molecule has 0 atom stereocenters. The fourth-order valence-electron chi connectivity index (χ4n) is 3.41.